The van der Waals surface area contributed by atoms with Crippen LogP contribution in [0.3, 0.4) is 0 Å². The second-order valence-corrected chi connectivity index (χ2v) is 6.23. The molecular weight excluding hydrogens is 330 g/mol. The maximum Gasteiger partial charge on any atom is 0.325 e. The minimum Gasteiger partial charge on any atom is -0.343 e. The Balaban J connectivity index is 1.87. The van der Waals surface area contributed by atoms with E-state index in [4.69, 9.17) is 0 Å². The van der Waals surface area contributed by atoms with Crippen LogP contribution in [0.15, 0.2) is 54.6 Å². The Morgan fingerprint density at radius 2 is 1.73 bits per heavy atom. The Kier molecular flexibility index (Phi) is 3.80. The maximum absolute atomic E-state index is 13.1. The molecular formula is C20H17N3O3. The highest BCUT2D eigenvalue weighted by molar-refractivity contribution is 6.16. The average molecular weight is 347 g/mol. The zero-order valence-electron chi connectivity index (χ0n) is 14.2. The number of carbonyl (C=O) groups excluding carboxylic acids is 3. The van der Waals surface area contributed by atoms with E-state index in [9.17, 15) is 14.4 Å². The number of nitrogens with one attached hydrogen (secondary N) is 1. The molecule has 130 valence electrons. The van der Waals surface area contributed by atoms with Gasteiger partial charge >= 0.3 is 6.03 Å². The number of benzene rings is 2. The molecule has 0 aliphatic carbocycles. The Morgan fingerprint density at radius 1 is 1.04 bits per heavy atom. The van der Waals surface area contributed by atoms with Gasteiger partial charge in [-0.15, -0.1) is 0 Å². The van der Waals surface area contributed by atoms with Crippen molar-refractivity contribution < 1.29 is 14.4 Å². The first-order chi connectivity index (χ1) is 12.6. The predicted octanol–water partition coefficient (Wildman–Crippen LogP) is 2.58. The summed E-state index contributed by atoms with van der Waals surface area (Å²) in [6.07, 6.45) is 0. The number of hydrogen-bond acceptors (Lipinski definition) is 3. The molecule has 3 amide bonds. The molecule has 0 unspecified atom stereocenters. The van der Waals surface area contributed by atoms with Crippen LogP contribution in [0.25, 0.3) is 22.2 Å². The number of para-hydroxylation sites is 1. The second-order valence-electron chi connectivity index (χ2n) is 6.23. The molecule has 2 heterocycles. The summed E-state index contributed by atoms with van der Waals surface area (Å²) in [6, 6.07) is 16.7. The predicted molar refractivity (Wildman–Crippen MR) is 97.8 cm³/mol. The summed E-state index contributed by atoms with van der Waals surface area (Å²) in [5, 5.41) is 3.26. The number of rotatable bonds is 4. The van der Waals surface area contributed by atoms with E-state index in [1.165, 1.54) is 0 Å². The molecule has 3 aromatic rings. The first-order valence-electron chi connectivity index (χ1n) is 8.32. The van der Waals surface area contributed by atoms with E-state index in [2.05, 4.69) is 5.32 Å². The van der Waals surface area contributed by atoms with Crippen LogP contribution in [-0.4, -0.2) is 40.3 Å². The van der Waals surface area contributed by atoms with Crippen molar-refractivity contribution in [1.29, 1.82) is 0 Å². The highest BCUT2D eigenvalue weighted by Gasteiger charge is 2.32. The Labute approximate surface area is 150 Å². The summed E-state index contributed by atoms with van der Waals surface area (Å²) in [4.78, 5) is 37.8. The number of fused-ring (bicyclic) bond motifs is 1. The van der Waals surface area contributed by atoms with Crippen LogP contribution in [-0.2, 0) is 11.8 Å². The van der Waals surface area contributed by atoms with Crippen LogP contribution in [0.4, 0.5) is 4.79 Å². The number of nitrogens with zero attached hydrogens (tertiary/aromatic N) is 2. The van der Waals surface area contributed by atoms with Gasteiger partial charge in [-0.05, 0) is 11.6 Å². The van der Waals surface area contributed by atoms with E-state index < -0.39 is 6.03 Å². The van der Waals surface area contributed by atoms with E-state index in [0.29, 0.717) is 5.56 Å². The molecule has 1 aliphatic heterocycles. The zero-order valence-corrected chi connectivity index (χ0v) is 14.2. The van der Waals surface area contributed by atoms with Gasteiger partial charge in [0.05, 0.1) is 24.3 Å². The van der Waals surface area contributed by atoms with Gasteiger partial charge in [0.15, 0.2) is 5.78 Å². The Morgan fingerprint density at radius 3 is 2.42 bits per heavy atom. The molecule has 6 heteroatoms. The lowest BCUT2D eigenvalue weighted by molar-refractivity contribution is -0.124. The molecule has 0 bridgehead atoms. The fraction of sp³-hybridized carbons (Fsp3) is 0.150. The van der Waals surface area contributed by atoms with Gasteiger partial charge in [-0.25, -0.2) is 4.79 Å². The van der Waals surface area contributed by atoms with Crippen LogP contribution in [0.5, 0.6) is 0 Å². The molecule has 6 nitrogen and oxygen atoms in total. The fourth-order valence-electron chi connectivity index (χ4n) is 3.45. The Bertz CT molecular complexity index is 1020. The number of aromatic nitrogens is 1. The molecule has 0 spiro atoms. The summed E-state index contributed by atoms with van der Waals surface area (Å²) in [6.45, 7) is -0.328. The van der Waals surface area contributed by atoms with E-state index in [1.807, 2.05) is 66.2 Å². The lowest BCUT2D eigenvalue weighted by atomic mass is 10.0. The highest BCUT2D eigenvalue weighted by Crippen LogP contribution is 2.33. The van der Waals surface area contributed by atoms with Gasteiger partial charge in [-0.2, -0.15) is 0 Å². The smallest absolute Gasteiger partial charge is 0.325 e. The molecule has 1 aliphatic rings. The van der Waals surface area contributed by atoms with Crippen molar-refractivity contribution in [2.45, 2.75) is 0 Å². The lowest BCUT2D eigenvalue weighted by Gasteiger charge is -2.13. The van der Waals surface area contributed by atoms with Crippen molar-refractivity contribution >= 4 is 28.6 Å². The standard InChI is InChI=1S/C20H17N3O3/c1-22-15-10-6-5-9-14(15)18(19(22)13-7-3-2-4-8-13)16(24)12-23-17(25)11-21-20(23)26/h2-10H,11-12H2,1H3,(H,21,26). The number of amides is 3. The molecule has 1 saturated heterocycles. The van der Waals surface area contributed by atoms with Gasteiger partial charge in [-0.1, -0.05) is 48.5 Å². The van der Waals surface area contributed by atoms with Crippen molar-refractivity contribution in [3.63, 3.8) is 0 Å². The quantitative estimate of drug-likeness (QED) is 0.582. The first-order valence-corrected chi connectivity index (χ1v) is 8.32. The zero-order chi connectivity index (χ0) is 18.3. The molecule has 1 N–H and O–H groups in total. The number of hydrogen-bond donors (Lipinski definition) is 1. The number of Topliss-reactive ketones (excluding diaryl/α,β-unsaturated/α-hetero) is 1. The SMILES string of the molecule is Cn1c(-c2ccccc2)c(C(=O)CN2C(=O)CNC2=O)c2ccccc21. The molecule has 4 rings (SSSR count). The molecule has 0 radical (unpaired) electrons. The van der Waals surface area contributed by atoms with E-state index in [0.717, 1.165) is 27.1 Å². The van der Waals surface area contributed by atoms with Crippen LogP contribution in [0.2, 0.25) is 0 Å². The number of aryl methyl sites for hydroxylation is 1. The third-order valence-corrected chi connectivity index (χ3v) is 4.67. The molecule has 1 fully saturated rings. The van der Waals surface area contributed by atoms with Crippen molar-refractivity contribution in [2.24, 2.45) is 7.05 Å². The summed E-state index contributed by atoms with van der Waals surface area (Å²) in [5.41, 5.74) is 3.14. The third-order valence-electron chi connectivity index (χ3n) is 4.67. The van der Waals surface area contributed by atoms with Gasteiger partial charge in [0.1, 0.15) is 0 Å². The summed E-state index contributed by atoms with van der Waals surface area (Å²) in [7, 11) is 1.91. The normalized spacial score (nSPS) is 14.1. The molecule has 26 heavy (non-hydrogen) atoms. The van der Waals surface area contributed by atoms with Crippen LogP contribution >= 0.6 is 0 Å². The van der Waals surface area contributed by atoms with E-state index >= 15 is 0 Å². The Hall–Kier alpha value is -3.41. The van der Waals surface area contributed by atoms with E-state index in [-0.39, 0.29) is 24.8 Å². The van der Waals surface area contributed by atoms with Gasteiger partial charge < -0.3 is 9.88 Å². The van der Waals surface area contributed by atoms with Gasteiger partial charge in [-0.3, -0.25) is 14.5 Å². The highest BCUT2D eigenvalue weighted by atomic mass is 16.2. The van der Waals surface area contributed by atoms with Crippen molar-refractivity contribution in [3.8, 4) is 11.3 Å². The van der Waals surface area contributed by atoms with Crippen molar-refractivity contribution in [3.05, 3.63) is 60.2 Å². The first kappa shape index (κ1) is 16.1. The lowest BCUT2D eigenvalue weighted by Crippen LogP contribution is -2.35. The van der Waals surface area contributed by atoms with E-state index in [1.54, 1.807) is 0 Å². The minimum absolute atomic E-state index is 0.0623. The maximum atomic E-state index is 13.1. The second kappa shape index (κ2) is 6.15. The number of ketones is 1. The summed E-state index contributed by atoms with van der Waals surface area (Å²) in [5.74, 6) is -0.643. The number of urea groups is 1. The summed E-state index contributed by atoms with van der Waals surface area (Å²) < 4.78 is 1.98. The van der Waals surface area contributed by atoms with Gasteiger partial charge in [0, 0.05) is 18.0 Å². The topological polar surface area (TPSA) is 71.4 Å². The van der Waals surface area contributed by atoms with Gasteiger partial charge in [0.25, 0.3) is 0 Å². The van der Waals surface area contributed by atoms with Crippen LogP contribution < -0.4 is 5.32 Å². The third kappa shape index (κ3) is 2.47. The summed E-state index contributed by atoms with van der Waals surface area (Å²) >= 11 is 0. The van der Waals surface area contributed by atoms with Gasteiger partial charge in [0.2, 0.25) is 5.91 Å². The van der Waals surface area contributed by atoms with Crippen molar-refractivity contribution in [2.75, 3.05) is 13.1 Å². The molecule has 2 aromatic carbocycles. The molecule has 0 atom stereocenters. The molecule has 0 saturated carbocycles. The van der Waals surface area contributed by atoms with Crippen molar-refractivity contribution in [1.82, 2.24) is 14.8 Å². The average Bonchev–Trinajstić information content (AvgIpc) is 3.14. The number of imide groups is 1. The monoisotopic (exact) mass is 347 g/mol. The molecule has 1 aromatic heterocycles. The van der Waals surface area contributed by atoms with Crippen LogP contribution in [0, 0.1) is 0 Å². The van der Waals surface area contributed by atoms with Crippen LogP contribution in [0.1, 0.15) is 10.4 Å². The minimum atomic E-state index is -0.523. The largest absolute Gasteiger partial charge is 0.343 e. The number of carbonyl (C=O) groups is 3. The fourth-order valence-corrected chi connectivity index (χ4v) is 3.45.